The fraction of sp³-hybridized carbons (Fsp3) is 0.333. The fourth-order valence-electron chi connectivity index (χ4n) is 0.160. The normalized spacial score (nSPS) is 8.11. The molecule has 0 aromatic heterocycles. The van der Waals surface area contributed by atoms with Crippen LogP contribution in [-0.4, -0.2) is 17.0 Å². The number of esters is 1. The molecule has 0 aliphatic rings. The maximum Gasteiger partial charge on any atom is 0.664 e. The van der Waals surface area contributed by atoms with Crippen molar-refractivity contribution >= 4 is 12.1 Å². The summed E-state index contributed by atoms with van der Waals surface area (Å²) in [5.41, 5.74) is 0. The van der Waals surface area contributed by atoms with Crippen LogP contribution in [-0.2, 0) is 9.53 Å². The molecule has 0 rings (SSSR count). The molecule has 0 aromatic rings. The third-order valence-corrected chi connectivity index (χ3v) is 0.380. The number of carbonyl (C=O) groups is 2. The van der Waals surface area contributed by atoms with Crippen LogP contribution in [0.4, 0.5) is 4.79 Å². The molecule has 0 unspecified atom stereocenters. The smallest absolute Gasteiger partial charge is 0.334 e. The zero-order chi connectivity index (χ0) is 7.44. The Hall–Kier alpha value is -1.46. The van der Waals surface area contributed by atoms with Crippen molar-refractivity contribution in [3.8, 4) is 0 Å². The van der Waals surface area contributed by atoms with E-state index < -0.39 is 17.0 Å². The van der Waals surface area contributed by atoms with Crippen molar-refractivity contribution in [1.82, 2.24) is 0 Å². The first-order chi connectivity index (χ1) is 4.04. The lowest BCUT2D eigenvalue weighted by Gasteiger charge is -1.86. The molecule has 0 N–H and O–H groups in total. The summed E-state index contributed by atoms with van der Waals surface area (Å²) < 4.78 is 3.53. The molecule has 0 heterocycles. The first-order valence-corrected chi connectivity index (χ1v) is 1.91. The lowest BCUT2D eigenvalue weighted by molar-refractivity contribution is -0.392. The van der Waals surface area contributed by atoms with Gasteiger partial charge in [-0.05, 0) is 0 Å². The average Bonchev–Trinajstić information content (AvgIpc) is 1.63. The molecule has 0 saturated heterocycles. The standard InChI is InChI=1S/C3H3NO5/c1-2(5)9-3(6)4(7)8/h1H3. The van der Waals surface area contributed by atoms with E-state index in [0.29, 0.717) is 0 Å². The molecular weight excluding hydrogens is 130 g/mol. The molecule has 9 heavy (non-hydrogen) atoms. The van der Waals surface area contributed by atoms with E-state index >= 15 is 0 Å². The second-order valence-electron chi connectivity index (χ2n) is 1.12. The lowest BCUT2D eigenvalue weighted by Crippen LogP contribution is -2.15. The van der Waals surface area contributed by atoms with Gasteiger partial charge in [0.2, 0.25) is 0 Å². The lowest BCUT2D eigenvalue weighted by atomic mass is 10.8. The molecule has 6 heteroatoms. The number of carbonyl (C=O) groups excluding carboxylic acids is 2. The second-order valence-corrected chi connectivity index (χ2v) is 1.12. The average molecular weight is 133 g/mol. The molecular formula is C3H3NO5. The van der Waals surface area contributed by atoms with E-state index in [9.17, 15) is 19.7 Å². The minimum absolute atomic E-state index is 0.904. The summed E-state index contributed by atoms with van der Waals surface area (Å²) in [6.07, 6.45) is -1.75. The number of hydrogen-bond acceptors (Lipinski definition) is 5. The number of nitrogens with zero attached hydrogens (tertiary/aromatic N) is 1. The second kappa shape index (κ2) is 2.75. The van der Waals surface area contributed by atoms with Crippen LogP contribution in [0.1, 0.15) is 6.92 Å². The zero-order valence-corrected chi connectivity index (χ0v) is 4.49. The van der Waals surface area contributed by atoms with Crippen LogP contribution in [0, 0.1) is 10.1 Å². The molecule has 1 amide bonds. The first kappa shape index (κ1) is 7.54. The van der Waals surface area contributed by atoms with Gasteiger partial charge >= 0.3 is 12.1 Å². The van der Waals surface area contributed by atoms with Crippen molar-refractivity contribution in [2.75, 3.05) is 0 Å². The topological polar surface area (TPSA) is 86.5 Å². The summed E-state index contributed by atoms with van der Waals surface area (Å²) in [6, 6.07) is 0. The number of ether oxygens (including phenoxy) is 1. The van der Waals surface area contributed by atoms with Crippen LogP contribution in [0.5, 0.6) is 0 Å². The van der Waals surface area contributed by atoms with Crippen LogP contribution in [0.15, 0.2) is 0 Å². The number of rotatable bonds is 0. The molecule has 0 saturated carbocycles. The Morgan fingerprint density at radius 1 is 1.56 bits per heavy atom. The van der Waals surface area contributed by atoms with Crippen LogP contribution in [0.3, 0.4) is 0 Å². The SMILES string of the molecule is CC(=O)OC(=O)[N+](=O)[O-]. The predicted octanol–water partition coefficient (Wildman–Crippen LogP) is -0.0538. The predicted molar refractivity (Wildman–Crippen MR) is 24.2 cm³/mol. The Bertz CT molecular complexity index is 162. The van der Waals surface area contributed by atoms with Gasteiger partial charge in [0.1, 0.15) is 4.92 Å². The van der Waals surface area contributed by atoms with Gasteiger partial charge in [-0.3, -0.25) is 14.9 Å². The Kier molecular flexibility index (Phi) is 2.31. The van der Waals surface area contributed by atoms with Gasteiger partial charge in [-0.2, -0.15) is 4.79 Å². The van der Waals surface area contributed by atoms with Gasteiger partial charge in [0.15, 0.2) is 0 Å². The Balaban J connectivity index is 3.79. The largest absolute Gasteiger partial charge is 0.664 e. The zero-order valence-electron chi connectivity index (χ0n) is 4.49. The summed E-state index contributed by atoms with van der Waals surface area (Å²) in [5.74, 6) is -0.989. The highest BCUT2D eigenvalue weighted by molar-refractivity contribution is 5.78. The number of nitro groups is 1. The molecule has 0 fully saturated rings. The van der Waals surface area contributed by atoms with Crippen molar-refractivity contribution in [1.29, 1.82) is 0 Å². The van der Waals surface area contributed by atoms with Gasteiger partial charge in [-0.1, -0.05) is 0 Å². The van der Waals surface area contributed by atoms with Crippen LogP contribution < -0.4 is 0 Å². The van der Waals surface area contributed by atoms with Crippen molar-refractivity contribution < 1.29 is 19.2 Å². The highest BCUT2D eigenvalue weighted by atomic mass is 16.7. The number of amides is 1. The quantitative estimate of drug-likeness (QED) is 0.200. The van der Waals surface area contributed by atoms with Gasteiger partial charge in [0.25, 0.3) is 0 Å². The van der Waals surface area contributed by atoms with Crippen molar-refractivity contribution in [3.05, 3.63) is 10.1 Å². The first-order valence-electron chi connectivity index (χ1n) is 1.91. The molecule has 0 aromatic carbocycles. The van der Waals surface area contributed by atoms with Gasteiger partial charge in [-0.15, -0.1) is 0 Å². The van der Waals surface area contributed by atoms with Crippen molar-refractivity contribution in [2.45, 2.75) is 6.92 Å². The molecule has 0 aliphatic carbocycles. The van der Waals surface area contributed by atoms with E-state index in [1.807, 2.05) is 0 Å². The molecule has 0 bridgehead atoms. The highest BCUT2D eigenvalue weighted by Crippen LogP contribution is 1.81. The Labute approximate surface area is 49.6 Å². The van der Waals surface area contributed by atoms with E-state index in [1.165, 1.54) is 0 Å². The van der Waals surface area contributed by atoms with Crippen LogP contribution in [0.2, 0.25) is 0 Å². The van der Waals surface area contributed by atoms with Gasteiger partial charge in [0, 0.05) is 6.92 Å². The minimum Gasteiger partial charge on any atom is -0.334 e. The Morgan fingerprint density at radius 2 is 2.00 bits per heavy atom. The van der Waals surface area contributed by atoms with E-state index in [0.717, 1.165) is 6.92 Å². The Morgan fingerprint density at radius 3 is 2.11 bits per heavy atom. The summed E-state index contributed by atoms with van der Waals surface area (Å²) in [4.78, 5) is 27.7. The summed E-state index contributed by atoms with van der Waals surface area (Å²) >= 11 is 0. The van der Waals surface area contributed by atoms with Gasteiger partial charge < -0.3 is 4.74 Å². The third kappa shape index (κ3) is 3.15. The van der Waals surface area contributed by atoms with E-state index in [2.05, 4.69) is 4.74 Å². The van der Waals surface area contributed by atoms with E-state index in [1.54, 1.807) is 0 Å². The van der Waals surface area contributed by atoms with Crippen LogP contribution >= 0.6 is 0 Å². The molecule has 50 valence electrons. The van der Waals surface area contributed by atoms with Crippen LogP contribution in [0.25, 0.3) is 0 Å². The van der Waals surface area contributed by atoms with Gasteiger partial charge in [0.05, 0.1) is 0 Å². The molecule has 0 aliphatic heterocycles. The molecule has 0 atom stereocenters. The maximum atomic E-state index is 9.81. The summed E-state index contributed by atoms with van der Waals surface area (Å²) in [7, 11) is 0. The minimum atomic E-state index is -1.75. The van der Waals surface area contributed by atoms with E-state index in [-0.39, 0.29) is 0 Å². The maximum absolute atomic E-state index is 9.81. The fourth-order valence-corrected chi connectivity index (χ4v) is 0.160. The van der Waals surface area contributed by atoms with Crippen molar-refractivity contribution in [3.63, 3.8) is 0 Å². The third-order valence-electron chi connectivity index (χ3n) is 0.380. The monoisotopic (exact) mass is 133 g/mol. The van der Waals surface area contributed by atoms with E-state index in [4.69, 9.17) is 0 Å². The molecule has 0 radical (unpaired) electrons. The molecule has 0 spiro atoms. The number of hydrogen-bond donors (Lipinski definition) is 0. The summed E-state index contributed by atoms with van der Waals surface area (Å²) in [6.45, 7) is 0.904. The van der Waals surface area contributed by atoms with Gasteiger partial charge in [-0.25, -0.2) is 0 Å². The summed E-state index contributed by atoms with van der Waals surface area (Å²) in [5, 5.41) is 9.41. The van der Waals surface area contributed by atoms with Crippen molar-refractivity contribution in [2.24, 2.45) is 0 Å². The highest BCUT2D eigenvalue weighted by Gasteiger charge is 2.18. The molecule has 6 nitrogen and oxygen atoms in total.